The Labute approximate surface area is 169 Å². The monoisotopic (exact) mass is 386 g/mol. The summed E-state index contributed by atoms with van der Waals surface area (Å²) < 4.78 is 12.7. The van der Waals surface area contributed by atoms with E-state index in [0.717, 1.165) is 27.8 Å². The third-order valence-corrected chi connectivity index (χ3v) is 5.06. The van der Waals surface area contributed by atoms with Gasteiger partial charge in [0.05, 0.1) is 31.2 Å². The number of nitrogens with zero attached hydrogens (tertiary/aromatic N) is 1. The second kappa shape index (κ2) is 7.72. The molecule has 0 spiro atoms. The zero-order chi connectivity index (χ0) is 20.4. The number of anilines is 1. The minimum Gasteiger partial charge on any atom is -0.497 e. The minimum absolute atomic E-state index is 0.240. The molecule has 1 amide bonds. The number of hydrogen-bond acceptors (Lipinski definition) is 3. The van der Waals surface area contributed by atoms with Crippen LogP contribution >= 0.6 is 0 Å². The Hall–Kier alpha value is -3.73. The standard InChI is InChI=1S/C24H22N2O3/c1-26-21-11-7-4-8-16(21)14-22(26)18-9-5-6-10-20(18)25-24(27)19-13-12-17(28-2)15-23(19)29-3/h4-15H,1-3H3,(H,25,27). The largest absolute Gasteiger partial charge is 0.497 e. The van der Waals surface area contributed by atoms with Crippen LogP contribution in [0.15, 0.2) is 72.8 Å². The highest BCUT2D eigenvalue weighted by atomic mass is 16.5. The number of methoxy groups -OCH3 is 2. The molecule has 0 saturated heterocycles. The van der Waals surface area contributed by atoms with Crippen molar-refractivity contribution in [2.75, 3.05) is 19.5 Å². The van der Waals surface area contributed by atoms with Crippen molar-refractivity contribution in [1.82, 2.24) is 4.57 Å². The first-order valence-electron chi connectivity index (χ1n) is 9.29. The van der Waals surface area contributed by atoms with Crippen molar-refractivity contribution < 1.29 is 14.3 Å². The lowest BCUT2D eigenvalue weighted by Gasteiger charge is -2.14. The Morgan fingerprint density at radius 3 is 2.41 bits per heavy atom. The highest BCUT2D eigenvalue weighted by molar-refractivity contribution is 6.08. The number of aryl methyl sites for hydroxylation is 1. The molecule has 0 unspecified atom stereocenters. The lowest BCUT2D eigenvalue weighted by molar-refractivity contribution is 0.102. The lowest BCUT2D eigenvalue weighted by atomic mass is 10.1. The van der Waals surface area contributed by atoms with Crippen molar-refractivity contribution in [3.05, 3.63) is 78.4 Å². The zero-order valence-corrected chi connectivity index (χ0v) is 16.6. The molecule has 0 fully saturated rings. The van der Waals surface area contributed by atoms with Crippen LogP contribution in [0.4, 0.5) is 5.69 Å². The van der Waals surface area contributed by atoms with Crippen molar-refractivity contribution in [3.63, 3.8) is 0 Å². The van der Waals surface area contributed by atoms with Gasteiger partial charge in [-0.05, 0) is 30.3 Å². The van der Waals surface area contributed by atoms with Gasteiger partial charge in [-0.3, -0.25) is 4.79 Å². The van der Waals surface area contributed by atoms with Crippen LogP contribution in [-0.2, 0) is 7.05 Å². The lowest BCUT2D eigenvalue weighted by Crippen LogP contribution is -2.14. The summed E-state index contributed by atoms with van der Waals surface area (Å²) in [6.07, 6.45) is 0. The van der Waals surface area contributed by atoms with Gasteiger partial charge in [-0.2, -0.15) is 0 Å². The predicted octanol–water partition coefficient (Wildman–Crippen LogP) is 5.11. The highest BCUT2D eigenvalue weighted by Gasteiger charge is 2.17. The van der Waals surface area contributed by atoms with E-state index >= 15 is 0 Å². The number of ether oxygens (including phenoxy) is 2. The van der Waals surface area contributed by atoms with Gasteiger partial charge in [0, 0.05) is 29.6 Å². The maximum absolute atomic E-state index is 13.0. The first-order chi connectivity index (χ1) is 14.1. The molecule has 5 nitrogen and oxygen atoms in total. The van der Waals surface area contributed by atoms with E-state index in [0.29, 0.717) is 17.1 Å². The molecule has 0 bridgehead atoms. The summed E-state index contributed by atoms with van der Waals surface area (Å²) in [7, 11) is 5.15. The van der Waals surface area contributed by atoms with Crippen LogP contribution in [0, 0.1) is 0 Å². The first-order valence-corrected chi connectivity index (χ1v) is 9.29. The van der Waals surface area contributed by atoms with Crippen LogP contribution < -0.4 is 14.8 Å². The summed E-state index contributed by atoms with van der Waals surface area (Å²) in [5.74, 6) is 0.856. The smallest absolute Gasteiger partial charge is 0.259 e. The average molecular weight is 386 g/mol. The van der Waals surface area contributed by atoms with Crippen molar-refractivity contribution >= 4 is 22.5 Å². The number of aromatic nitrogens is 1. The topological polar surface area (TPSA) is 52.5 Å². The van der Waals surface area contributed by atoms with E-state index in [1.807, 2.05) is 43.4 Å². The molecule has 1 heterocycles. The summed E-state index contributed by atoms with van der Waals surface area (Å²) in [5.41, 5.74) is 4.30. The molecular formula is C24H22N2O3. The van der Waals surface area contributed by atoms with Crippen LogP contribution in [0.5, 0.6) is 11.5 Å². The number of para-hydroxylation sites is 2. The molecule has 4 rings (SSSR count). The van der Waals surface area contributed by atoms with Crippen molar-refractivity contribution in [2.24, 2.45) is 7.05 Å². The minimum atomic E-state index is -0.240. The van der Waals surface area contributed by atoms with Gasteiger partial charge in [0.25, 0.3) is 5.91 Å². The average Bonchev–Trinajstić information content (AvgIpc) is 3.10. The van der Waals surface area contributed by atoms with Crippen LogP contribution in [-0.4, -0.2) is 24.7 Å². The number of hydrogen-bond donors (Lipinski definition) is 1. The fourth-order valence-electron chi connectivity index (χ4n) is 3.54. The molecule has 0 radical (unpaired) electrons. The molecule has 0 aliphatic carbocycles. The van der Waals surface area contributed by atoms with Gasteiger partial charge in [-0.1, -0.05) is 36.4 Å². The number of benzene rings is 3. The summed E-state index contributed by atoms with van der Waals surface area (Å²) in [6, 6.07) is 23.3. The molecule has 1 aromatic heterocycles. The fraction of sp³-hybridized carbons (Fsp3) is 0.125. The second-order valence-corrected chi connectivity index (χ2v) is 6.71. The van der Waals surface area contributed by atoms with Gasteiger partial charge in [0.2, 0.25) is 0 Å². The zero-order valence-electron chi connectivity index (χ0n) is 16.6. The van der Waals surface area contributed by atoms with E-state index in [-0.39, 0.29) is 5.91 Å². The Kier molecular flexibility index (Phi) is 4.96. The molecule has 146 valence electrons. The third-order valence-electron chi connectivity index (χ3n) is 5.06. The second-order valence-electron chi connectivity index (χ2n) is 6.71. The van der Waals surface area contributed by atoms with Crippen LogP contribution in [0.1, 0.15) is 10.4 Å². The molecule has 3 aromatic carbocycles. The SMILES string of the molecule is COc1ccc(C(=O)Nc2ccccc2-c2cc3ccccc3n2C)c(OC)c1. The van der Waals surface area contributed by atoms with E-state index in [1.54, 1.807) is 25.3 Å². The summed E-state index contributed by atoms with van der Waals surface area (Å²) in [4.78, 5) is 13.0. The van der Waals surface area contributed by atoms with Gasteiger partial charge in [0.15, 0.2) is 0 Å². The quantitative estimate of drug-likeness (QED) is 0.518. The summed E-state index contributed by atoms with van der Waals surface area (Å²) >= 11 is 0. The Balaban J connectivity index is 1.72. The molecule has 0 saturated carbocycles. The van der Waals surface area contributed by atoms with Crippen LogP contribution in [0.2, 0.25) is 0 Å². The summed E-state index contributed by atoms with van der Waals surface area (Å²) in [5, 5.41) is 4.19. The van der Waals surface area contributed by atoms with Crippen LogP contribution in [0.3, 0.4) is 0 Å². The molecule has 5 heteroatoms. The van der Waals surface area contributed by atoms with Gasteiger partial charge < -0.3 is 19.4 Å². The Morgan fingerprint density at radius 1 is 0.897 bits per heavy atom. The van der Waals surface area contributed by atoms with Crippen molar-refractivity contribution in [3.8, 4) is 22.8 Å². The van der Waals surface area contributed by atoms with Crippen LogP contribution in [0.25, 0.3) is 22.2 Å². The van der Waals surface area contributed by atoms with E-state index in [9.17, 15) is 4.79 Å². The van der Waals surface area contributed by atoms with Gasteiger partial charge in [0.1, 0.15) is 11.5 Å². The predicted molar refractivity (Wildman–Crippen MR) is 116 cm³/mol. The third kappa shape index (κ3) is 3.43. The van der Waals surface area contributed by atoms with Gasteiger partial charge >= 0.3 is 0 Å². The number of amides is 1. The fourth-order valence-corrected chi connectivity index (χ4v) is 3.54. The molecule has 0 aliphatic heterocycles. The molecule has 0 atom stereocenters. The molecule has 29 heavy (non-hydrogen) atoms. The summed E-state index contributed by atoms with van der Waals surface area (Å²) in [6.45, 7) is 0. The molecule has 0 aliphatic rings. The maximum Gasteiger partial charge on any atom is 0.259 e. The van der Waals surface area contributed by atoms with Gasteiger partial charge in [-0.25, -0.2) is 0 Å². The van der Waals surface area contributed by atoms with Gasteiger partial charge in [-0.15, -0.1) is 0 Å². The normalized spacial score (nSPS) is 10.7. The number of rotatable bonds is 5. The van der Waals surface area contributed by atoms with Crippen molar-refractivity contribution in [2.45, 2.75) is 0 Å². The first kappa shape index (κ1) is 18.6. The van der Waals surface area contributed by atoms with Crippen molar-refractivity contribution in [1.29, 1.82) is 0 Å². The Morgan fingerprint density at radius 2 is 1.66 bits per heavy atom. The number of carbonyl (C=O) groups is 1. The maximum atomic E-state index is 13.0. The Bertz CT molecular complexity index is 1190. The molecular weight excluding hydrogens is 364 g/mol. The van der Waals surface area contributed by atoms with E-state index < -0.39 is 0 Å². The number of fused-ring (bicyclic) bond motifs is 1. The molecule has 4 aromatic rings. The molecule has 1 N–H and O–H groups in total. The number of nitrogens with one attached hydrogen (secondary N) is 1. The van der Waals surface area contributed by atoms with E-state index in [2.05, 4.69) is 28.1 Å². The van der Waals surface area contributed by atoms with E-state index in [4.69, 9.17) is 9.47 Å². The van der Waals surface area contributed by atoms with E-state index in [1.165, 1.54) is 7.11 Å². The number of carbonyl (C=O) groups excluding carboxylic acids is 1. The highest BCUT2D eigenvalue weighted by Crippen LogP contribution is 2.33.